The van der Waals surface area contributed by atoms with Gasteiger partial charge < -0.3 is 15.3 Å². The van der Waals surface area contributed by atoms with E-state index < -0.39 is 17.3 Å². The molecular formula is C17H13ClN2O4. The van der Waals surface area contributed by atoms with Crippen LogP contribution in [-0.2, 0) is 0 Å². The van der Waals surface area contributed by atoms with E-state index >= 15 is 0 Å². The molecule has 3 aromatic rings. The summed E-state index contributed by atoms with van der Waals surface area (Å²) in [5.74, 6) is -1.13. The lowest BCUT2D eigenvalue weighted by molar-refractivity contribution is 0.100. The number of nitrogens with zero attached hydrogens (tertiary/aromatic N) is 1. The first-order chi connectivity index (χ1) is 11.5. The predicted molar refractivity (Wildman–Crippen MR) is 91.8 cm³/mol. The number of aromatic hydroxyl groups is 1. The summed E-state index contributed by atoms with van der Waals surface area (Å²) < 4.78 is 0.680. The molecule has 1 heterocycles. The van der Waals surface area contributed by atoms with Crippen LogP contribution in [0.4, 0.5) is 5.69 Å². The van der Waals surface area contributed by atoms with Gasteiger partial charge in [0.2, 0.25) is 5.88 Å². The molecule has 7 heteroatoms. The maximum atomic E-state index is 12.6. The van der Waals surface area contributed by atoms with Crippen LogP contribution in [-0.4, -0.2) is 22.9 Å². The van der Waals surface area contributed by atoms with Gasteiger partial charge in [-0.25, -0.2) is 0 Å². The number of amides is 1. The lowest BCUT2D eigenvalue weighted by atomic mass is 10.1. The van der Waals surface area contributed by atoms with E-state index in [1.807, 2.05) is 0 Å². The van der Waals surface area contributed by atoms with Crippen LogP contribution < -0.4 is 15.7 Å². The van der Waals surface area contributed by atoms with E-state index in [-0.39, 0.29) is 10.9 Å². The molecule has 1 amide bonds. The third kappa shape index (κ3) is 2.68. The van der Waals surface area contributed by atoms with Gasteiger partial charge in [0.1, 0.15) is 12.7 Å². The molecule has 0 unspecified atom stereocenters. The molecule has 0 aliphatic heterocycles. The number of anilines is 1. The van der Waals surface area contributed by atoms with Crippen LogP contribution in [0.15, 0.2) is 53.3 Å². The molecule has 1 aromatic heterocycles. The summed E-state index contributed by atoms with van der Waals surface area (Å²) in [6.45, 7) is 0. The van der Waals surface area contributed by atoms with Crippen molar-refractivity contribution in [3.05, 3.63) is 69.5 Å². The number of benzene rings is 2. The average molecular weight is 345 g/mol. The minimum Gasteiger partial charge on any atom is -0.492 e. The highest BCUT2D eigenvalue weighted by atomic mass is 35.5. The number of halogens is 1. The van der Waals surface area contributed by atoms with Gasteiger partial charge in [-0.15, -0.1) is 4.73 Å². The van der Waals surface area contributed by atoms with Gasteiger partial charge >= 0.3 is 0 Å². The van der Waals surface area contributed by atoms with Crippen LogP contribution in [0.1, 0.15) is 10.4 Å². The number of pyridine rings is 1. The van der Waals surface area contributed by atoms with E-state index in [2.05, 4.69) is 5.32 Å². The molecule has 24 heavy (non-hydrogen) atoms. The van der Waals surface area contributed by atoms with Gasteiger partial charge in [-0.3, -0.25) is 9.59 Å². The second kappa shape index (κ2) is 6.25. The van der Waals surface area contributed by atoms with E-state index in [9.17, 15) is 14.7 Å². The summed E-state index contributed by atoms with van der Waals surface area (Å²) in [6, 6.07) is 13.0. The van der Waals surface area contributed by atoms with Crippen molar-refractivity contribution < 1.29 is 14.7 Å². The molecule has 122 valence electrons. The average Bonchev–Trinajstić information content (AvgIpc) is 2.57. The van der Waals surface area contributed by atoms with Gasteiger partial charge in [0.25, 0.3) is 11.5 Å². The Hall–Kier alpha value is -2.99. The zero-order chi connectivity index (χ0) is 17.3. The Bertz CT molecular complexity index is 980. The maximum Gasteiger partial charge on any atom is 0.294 e. The normalized spacial score (nSPS) is 10.6. The van der Waals surface area contributed by atoms with Crippen molar-refractivity contribution >= 4 is 34.0 Å². The molecule has 0 saturated carbocycles. The summed E-state index contributed by atoms with van der Waals surface area (Å²) in [4.78, 5) is 29.8. The Morgan fingerprint density at radius 1 is 1.12 bits per heavy atom. The van der Waals surface area contributed by atoms with Gasteiger partial charge in [0, 0.05) is 16.1 Å². The molecule has 0 spiro atoms. The van der Waals surface area contributed by atoms with Crippen LogP contribution in [0.3, 0.4) is 0 Å². The van der Waals surface area contributed by atoms with Crippen molar-refractivity contribution in [2.24, 2.45) is 0 Å². The van der Waals surface area contributed by atoms with E-state index in [0.717, 1.165) is 0 Å². The molecule has 0 radical (unpaired) electrons. The fourth-order valence-corrected chi connectivity index (χ4v) is 2.56. The molecule has 0 atom stereocenters. The fraction of sp³-hybridized carbons (Fsp3) is 0.0588. The molecule has 2 aromatic carbocycles. The van der Waals surface area contributed by atoms with Crippen LogP contribution in [0.2, 0.25) is 5.02 Å². The standard InChI is InChI=1S/C17H13ClN2O4/c1-24-20-16(22)13-5-3-2-4-12(13)14(17(20)23)15(21)19-11-8-6-10(18)7-9-11/h2-9,23H,1H3,(H,19,21). The zero-order valence-corrected chi connectivity index (χ0v) is 13.4. The highest BCUT2D eigenvalue weighted by Gasteiger charge is 2.22. The molecule has 0 aliphatic rings. The zero-order valence-electron chi connectivity index (χ0n) is 12.6. The van der Waals surface area contributed by atoms with E-state index in [0.29, 0.717) is 20.8 Å². The first-order valence-corrected chi connectivity index (χ1v) is 7.39. The largest absolute Gasteiger partial charge is 0.492 e. The number of fused-ring (bicyclic) bond motifs is 1. The van der Waals surface area contributed by atoms with E-state index in [4.69, 9.17) is 16.4 Å². The summed E-state index contributed by atoms with van der Waals surface area (Å²) in [5, 5.41) is 14.1. The third-order valence-corrected chi connectivity index (χ3v) is 3.79. The fourth-order valence-electron chi connectivity index (χ4n) is 2.44. The van der Waals surface area contributed by atoms with Gasteiger partial charge in [-0.05, 0) is 30.3 Å². The predicted octanol–water partition coefficient (Wildman–Crippen LogP) is 2.67. The molecular weight excluding hydrogens is 332 g/mol. The number of carbonyl (C=O) groups is 1. The first-order valence-electron chi connectivity index (χ1n) is 7.01. The summed E-state index contributed by atoms with van der Waals surface area (Å²) in [7, 11) is 1.23. The monoisotopic (exact) mass is 344 g/mol. The Morgan fingerprint density at radius 2 is 1.75 bits per heavy atom. The van der Waals surface area contributed by atoms with Gasteiger partial charge in [-0.2, -0.15) is 0 Å². The molecule has 0 fully saturated rings. The minimum atomic E-state index is -0.572. The Labute approximate surface area is 141 Å². The number of carbonyl (C=O) groups excluding carboxylic acids is 1. The number of nitrogens with one attached hydrogen (secondary N) is 1. The van der Waals surface area contributed by atoms with E-state index in [1.165, 1.54) is 7.11 Å². The van der Waals surface area contributed by atoms with Gasteiger partial charge in [-0.1, -0.05) is 29.8 Å². The smallest absolute Gasteiger partial charge is 0.294 e. The van der Waals surface area contributed by atoms with Crippen molar-refractivity contribution in [2.45, 2.75) is 0 Å². The van der Waals surface area contributed by atoms with Crippen molar-refractivity contribution in [2.75, 3.05) is 12.4 Å². The van der Waals surface area contributed by atoms with Gasteiger partial charge in [0.15, 0.2) is 0 Å². The van der Waals surface area contributed by atoms with Crippen LogP contribution >= 0.6 is 11.6 Å². The van der Waals surface area contributed by atoms with Crippen LogP contribution in [0.25, 0.3) is 10.8 Å². The molecule has 0 saturated heterocycles. The highest BCUT2D eigenvalue weighted by molar-refractivity contribution is 6.30. The number of hydrogen-bond acceptors (Lipinski definition) is 4. The lowest BCUT2D eigenvalue weighted by Gasteiger charge is -2.14. The molecule has 0 bridgehead atoms. The quantitative estimate of drug-likeness (QED) is 0.765. The number of hydrogen-bond donors (Lipinski definition) is 2. The highest BCUT2D eigenvalue weighted by Crippen LogP contribution is 2.25. The van der Waals surface area contributed by atoms with Crippen LogP contribution in [0.5, 0.6) is 5.88 Å². The topological polar surface area (TPSA) is 80.6 Å². The minimum absolute atomic E-state index is 0.0537. The third-order valence-electron chi connectivity index (χ3n) is 3.54. The molecule has 6 nitrogen and oxygen atoms in total. The van der Waals surface area contributed by atoms with Crippen molar-refractivity contribution in [1.82, 2.24) is 4.73 Å². The Kier molecular flexibility index (Phi) is 4.14. The maximum absolute atomic E-state index is 12.6. The molecule has 2 N–H and O–H groups in total. The van der Waals surface area contributed by atoms with Crippen molar-refractivity contribution in [3.8, 4) is 5.88 Å². The summed E-state index contributed by atoms with van der Waals surface area (Å²) >= 11 is 5.82. The second-order valence-corrected chi connectivity index (χ2v) is 5.42. The lowest BCUT2D eigenvalue weighted by Crippen LogP contribution is -2.28. The SMILES string of the molecule is COn1c(O)c(C(=O)Nc2ccc(Cl)cc2)c2ccccc2c1=O. The molecule has 3 rings (SSSR count). The summed E-state index contributed by atoms with van der Waals surface area (Å²) in [6.07, 6.45) is 0. The second-order valence-electron chi connectivity index (χ2n) is 4.99. The van der Waals surface area contributed by atoms with E-state index in [1.54, 1.807) is 48.5 Å². The van der Waals surface area contributed by atoms with Gasteiger partial charge in [0.05, 0.1) is 5.39 Å². The Balaban J connectivity index is 2.16. The molecule has 0 aliphatic carbocycles. The van der Waals surface area contributed by atoms with Crippen molar-refractivity contribution in [1.29, 1.82) is 0 Å². The van der Waals surface area contributed by atoms with Crippen molar-refractivity contribution in [3.63, 3.8) is 0 Å². The van der Waals surface area contributed by atoms with Crippen LogP contribution in [0, 0.1) is 0 Å². The number of rotatable bonds is 3. The Morgan fingerprint density at radius 3 is 2.38 bits per heavy atom. The summed E-state index contributed by atoms with van der Waals surface area (Å²) in [5.41, 5.74) is -0.0984. The number of aromatic nitrogens is 1. The first kappa shape index (κ1) is 15.9.